The molecule has 0 spiro atoms. The highest BCUT2D eigenvalue weighted by Crippen LogP contribution is 2.40. The average molecular weight is 198 g/mol. The number of benzene rings is 1. The molecule has 1 atom stereocenters. The summed E-state index contributed by atoms with van der Waals surface area (Å²) in [6.07, 6.45) is 0. The molecule has 0 radical (unpaired) electrons. The fourth-order valence-electron chi connectivity index (χ4n) is 1.14. The van der Waals surface area contributed by atoms with E-state index in [2.05, 4.69) is 0 Å². The van der Waals surface area contributed by atoms with Gasteiger partial charge >= 0.3 is 0 Å². The van der Waals surface area contributed by atoms with Crippen LogP contribution in [-0.2, 0) is 9.09 Å². The first-order chi connectivity index (χ1) is 6.06. The molecule has 0 aliphatic carbocycles. The van der Waals surface area contributed by atoms with Gasteiger partial charge in [0.15, 0.2) is 0 Å². The Labute approximate surface area is 79.4 Å². The average Bonchev–Trinajstić information content (AvgIpc) is 2.05. The molecule has 0 N–H and O–H groups in total. The fraction of sp³-hybridized carbons (Fsp3) is 0.400. The SMILES string of the molecule is CCOP(C)(=O)c1ccc(C)cc1. The van der Waals surface area contributed by atoms with E-state index in [9.17, 15) is 4.57 Å². The molecule has 0 saturated carbocycles. The molecule has 0 bridgehead atoms. The van der Waals surface area contributed by atoms with Crippen LogP contribution in [0, 0.1) is 6.92 Å². The molecule has 1 aromatic carbocycles. The van der Waals surface area contributed by atoms with E-state index in [-0.39, 0.29) is 0 Å². The zero-order valence-electron chi connectivity index (χ0n) is 8.28. The topological polar surface area (TPSA) is 26.3 Å². The molecule has 0 saturated heterocycles. The summed E-state index contributed by atoms with van der Waals surface area (Å²) >= 11 is 0. The Balaban J connectivity index is 2.94. The lowest BCUT2D eigenvalue weighted by molar-refractivity contribution is 0.345. The first kappa shape index (κ1) is 10.5. The lowest BCUT2D eigenvalue weighted by atomic mass is 10.2. The van der Waals surface area contributed by atoms with Gasteiger partial charge < -0.3 is 4.52 Å². The summed E-state index contributed by atoms with van der Waals surface area (Å²) in [6, 6.07) is 7.63. The van der Waals surface area contributed by atoms with E-state index in [0.717, 1.165) is 5.30 Å². The van der Waals surface area contributed by atoms with E-state index in [0.29, 0.717) is 6.61 Å². The molecule has 1 rings (SSSR count). The molecule has 3 heteroatoms. The van der Waals surface area contributed by atoms with Gasteiger partial charge in [-0.15, -0.1) is 0 Å². The molecule has 1 unspecified atom stereocenters. The van der Waals surface area contributed by atoms with Crippen LogP contribution >= 0.6 is 7.37 Å². The van der Waals surface area contributed by atoms with Crippen LogP contribution in [0.3, 0.4) is 0 Å². The molecule has 0 fully saturated rings. The number of rotatable bonds is 3. The summed E-state index contributed by atoms with van der Waals surface area (Å²) in [5.41, 5.74) is 1.17. The molecule has 0 heterocycles. The first-order valence-electron chi connectivity index (χ1n) is 4.35. The van der Waals surface area contributed by atoms with Crippen LogP contribution < -0.4 is 5.30 Å². The summed E-state index contributed by atoms with van der Waals surface area (Å²) in [6.45, 7) is 6.00. The zero-order valence-corrected chi connectivity index (χ0v) is 9.17. The van der Waals surface area contributed by atoms with E-state index in [1.165, 1.54) is 5.56 Å². The van der Waals surface area contributed by atoms with Crippen LogP contribution in [0.1, 0.15) is 12.5 Å². The van der Waals surface area contributed by atoms with Crippen LogP contribution in [0.5, 0.6) is 0 Å². The van der Waals surface area contributed by atoms with Crippen molar-refractivity contribution in [2.75, 3.05) is 13.3 Å². The Morgan fingerprint density at radius 2 is 1.85 bits per heavy atom. The highest BCUT2D eigenvalue weighted by Gasteiger charge is 2.17. The van der Waals surface area contributed by atoms with Crippen LogP contribution in [0.2, 0.25) is 0 Å². The lowest BCUT2D eigenvalue weighted by Crippen LogP contribution is -2.05. The smallest absolute Gasteiger partial charge is 0.229 e. The fourth-order valence-corrected chi connectivity index (χ4v) is 2.47. The number of hydrogen-bond donors (Lipinski definition) is 0. The van der Waals surface area contributed by atoms with Crippen LogP contribution in [-0.4, -0.2) is 13.3 Å². The molecule has 1 aromatic rings. The minimum Gasteiger partial charge on any atom is -0.326 e. The summed E-state index contributed by atoms with van der Waals surface area (Å²) in [7, 11) is -2.56. The minimum atomic E-state index is -2.56. The van der Waals surface area contributed by atoms with Crippen molar-refractivity contribution in [1.82, 2.24) is 0 Å². The second-order valence-corrected chi connectivity index (χ2v) is 5.57. The third-order valence-electron chi connectivity index (χ3n) is 1.88. The summed E-state index contributed by atoms with van der Waals surface area (Å²) in [4.78, 5) is 0. The molecular formula is C10H15O2P. The van der Waals surface area contributed by atoms with Crippen molar-refractivity contribution in [3.8, 4) is 0 Å². The van der Waals surface area contributed by atoms with Gasteiger partial charge in [-0.1, -0.05) is 17.7 Å². The molecule has 13 heavy (non-hydrogen) atoms. The van der Waals surface area contributed by atoms with Crippen molar-refractivity contribution in [1.29, 1.82) is 0 Å². The Bertz CT molecular complexity index is 316. The predicted molar refractivity (Wildman–Crippen MR) is 56.0 cm³/mol. The molecule has 72 valence electrons. The van der Waals surface area contributed by atoms with E-state index < -0.39 is 7.37 Å². The van der Waals surface area contributed by atoms with Crippen molar-refractivity contribution in [3.63, 3.8) is 0 Å². The van der Waals surface area contributed by atoms with Crippen LogP contribution in [0.25, 0.3) is 0 Å². The minimum absolute atomic E-state index is 0.488. The Hall–Kier alpha value is -0.590. The van der Waals surface area contributed by atoms with E-state index in [4.69, 9.17) is 4.52 Å². The van der Waals surface area contributed by atoms with Gasteiger partial charge in [0.2, 0.25) is 7.37 Å². The molecule has 0 amide bonds. The van der Waals surface area contributed by atoms with Crippen molar-refractivity contribution in [2.45, 2.75) is 13.8 Å². The molecular weight excluding hydrogens is 183 g/mol. The van der Waals surface area contributed by atoms with Gasteiger partial charge in [0, 0.05) is 12.0 Å². The van der Waals surface area contributed by atoms with Gasteiger partial charge in [-0.2, -0.15) is 0 Å². The standard InChI is InChI=1S/C10H15O2P/c1-4-12-13(3,11)10-7-5-9(2)6-8-10/h5-8H,4H2,1-3H3. The normalized spacial score (nSPS) is 15.3. The maximum absolute atomic E-state index is 11.9. The predicted octanol–water partition coefficient (Wildman–Crippen LogP) is 2.56. The van der Waals surface area contributed by atoms with Crippen molar-refractivity contribution < 1.29 is 9.09 Å². The monoisotopic (exact) mass is 198 g/mol. The summed E-state index contributed by atoms with van der Waals surface area (Å²) in [5.74, 6) is 0. The highest BCUT2D eigenvalue weighted by molar-refractivity contribution is 7.66. The maximum Gasteiger partial charge on any atom is 0.229 e. The Morgan fingerprint density at radius 1 is 1.31 bits per heavy atom. The van der Waals surface area contributed by atoms with Gasteiger partial charge in [-0.3, -0.25) is 4.57 Å². The Kier molecular flexibility index (Phi) is 3.29. The first-order valence-corrected chi connectivity index (χ1v) is 6.43. The summed E-state index contributed by atoms with van der Waals surface area (Å²) in [5, 5.41) is 0.792. The van der Waals surface area contributed by atoms with E-state index in [1.807, 2.05) is 38.1 Å². The van der Waals surface area contributed by atoms with Gasteiger partial charge in [-0.25, -0.2) is 0 Å². The molecule has 0 aromatic heterocycles. The van der Waals surface area contributed by atoms with Gasteiger partial charge in [0.1, 0.15) is 0 Å². The second-order valence-electron chi connectivity index (χ2n) is 3.10. The molecule has 2 nitrogen and oxygen atoms in total. The molecule has 0 aliphatic heterocycles. The van der Waals surface area contributed by atoms with Crippen LogP contribution in [0.15, 0.2) is 24.3 Å². The maximum atomic E-state index is 11.9. The van der Waals surface area contributed by atoms with Gasteiger partial charge in [-0.05, 0) is 26.0 Å². The largest absolute Gasteiger partial charge is 0.326 e. The van der Waals surface area contributed by atoms with Gasteiger partial charge in [0.25, 0.3) is 0 Å². The Morgan fingerprint density at radius 3 is 2.31 bits per heavy atom. The van der Waals surface area contributed by atoms with Crippen molar-refractivity contribution in [2.24, 2.45) is 0 Å². The van der Waals surface area contributed by atoms with Crippen molar-refractivity contribution in [3.05, 3.63) is 29.8 Å². The van der Waals surface area contributed by atoms with E-state index in [1.54, 1.807) is 6.66 Å². The van der Waals surface area contributed by atoms with Crippen molar-refractivity contribution >= 4 is 12.7 Å². The quantitative estimate of drug-likeness (QED) is 0.698. The van der Waals surface area contributed by atoms with Gasteiger partial charge in [0.05, 0.1) is 6.61 Å². The highest BCUT2D eigenvalue weighted by atomic mass is 31.2. The van der Waals surface area contributed by atoms with Crippen LogP contribution in [0.4, 0.5) is 0 Å². The lowest BCUT2D eigenvalue weighted by Gasteiger charge is -2.12. The second kappa shape index (κ2) is 4.08. The zero-order chi connectivity index (χ0) is 9.90. The summed E-state index contributed by atoms with van der Waals surface area (Å²) < 4.78 is 17.1. The third kappa shape index (κ3) is 2.68. The molecule has 0 aliphatic rings. The number of aryl methyl sites for hydroxylation is 1. The third-order valence-corrected chi connectivity index (χ3v) is 3.87. The van der Waals surface area contributed by atoms with E-state index >= 15 is 0 Å². The number of hydrogen-bond acceptors (Lipinski definition) is 2.